The number of imidazole rings is 1. The molecular formula is C32H28F2N10O3. The summed E-state index contributed by atoms with van der Waals surface area (Å²) >= 11 is 0. The maximum Gasteiger partial charge on any atom is 0.269 e. The molecule has 238 valence electrons. The average Bonchev–Trinajstić information content (AvgIpc) is 3.76. The van der Waals surface area contributed by atoms with Crippen molar-refractivity contribution in [3.63, 3.8) is 0 Å². The van der Waals surface area contributed by atoms with E-state index >= 15 is 0 Å². The monoisotopic (exact) mass is 638 g/mol. The molecule has 2 unspecified atom stereocenters. The standard InChI is InChI=1S/C32H28F2N10O3/c1-3-37-38-14-17(2)18-6-9-25-22(11-18)28(29(35)46)42-44(25)16-27(45)43-15-20(34)13-26(43)32(47)40-24-12-19(33)7-8-21(24)30-39-23-5-4-10-36-31(23)41-30/h3-12,14,20,26H,1,13,15-16H2,2H3,(H2,35,46)(H,40,47)(H,36,39,41)/b17-14+,38-37?. The Balaban J connectivity index is 1.25. The van der Waals surface area contributed by atoms with Crippen molar-refractivity contribution in [2.75, 3.05) is 11.9 Å². The molecule has 3 amide bonds. The van der Waals surface area contributed by atoms with Gasteiger partial charge in [0.2, 0.25) is 11.8 Å². The minimum absolute atomic E-state index is 0.0614. The number of fused-ring (bicyclic) bond motifs is 2. The summed E-state index contributed by atoms with van der Waals surface area (Å²) < 4.78 is 30.4. The smallest absolute Gasteiger partial charge is 0.269 e. The third kappa shape index (κ3) is 6.22. The minimum Gasteiger partial charge on any atom is -0.364 e. The molecule has 13 nitrogen and oxygen atoms in total. The molecule has 15 heteroatoms. The van der Waals surface area contributed by atoms with Crippen LogP contribution in [0.5, 0.6) is 0 Å². The number of azo groups is 1. The van der Waals surface area contributed by atoms with E-state index < -0.39 is 42.3 Å². The SMILES string of the molecule is C=CN=N/C=C(\C)c1ccc2c(c1)c(C(N)=O)nn2CC(=O)N1CC(F)CC1C(=O)Nc1cc(F)ccc1-c1nc2ncccc2[nH]1. The van der Waals surface area contributed by atoms with Crippen molar-refractivity contribution in [3.8, 4) is 11.4 Å². The zero-order chi connectivity index (χ0) is 33.2. The quantitative estimate of drug-likeness (QED) is 0.196. The lowest BCUT2D eigenvalue weighted by Gasteiger charge is -2.24. The zero-order valence-corrected chi connectivity index (χ0v) is 25.0. The average molecular weight is 639 g/mol. The number of nitrogens with one attached hydrogen (secondary N) is 2. The van der Waals surface area contributed by atoms with Gasteiger partial charge in [-0.25, -0.2) is 18.7 Å². The molecule has 3 aromatic heterocycles. The van der Waals surface area contributed by atoms with Gasteiger partial charge in [0.05, 0.1) is 29.5 Å². The second-order valence-electron chi connectivity index (χ2n) is 10.9. The van der Waals surface area contributed by atoms with Gasteiger partial charge in [-0.05, 0) is 60.5 Å². The number of pyridine rings is 1. The highest BCUT2D eigenvalue weighted by atomic mass is 19.1. The molecule has 0 radical (unpaired) electrons. The first-order valence-electron chi connectivity index (χ1n) is 14.5. The number of carbonyl (C=O) groups excluding carboxylic acids is 3. The minimum atomic E-state index is -1.48. The van der Waals surface area contributed by atoms with Crippen LogP contribution in [0.25, 0.3) is 39.0 Å². The molecule has 0 bridgehead atoms. The highest BCUT2D eigenvalue weighted by Crippen LogP contribution is 2.30. The van der Waals surface area contributed by atoms with E-state index in [0.29, 0.717) is 39.0 Å². The summed E-state index contributed by atoms with van der Waals surface area (Å²) in [7, 11) is 0. The Morgan fingerprint density at radius 3 is 2.79 bits per heavy atom. The molecule has 0 aliphatic carbocycles. The number of amides is 3. The Labute approximate surface area is 265 Å². The number of H-pyrrole nitrogens is 1. The molecule has 1 aliphatic heterocycles. The number of aromatic amines is 1. The van der Waals surface area contributed by atoms with Gasteiger partial charge in [-0.2, -0.15) is 15.3 Å². The fourth-order valence-corrected chi connectivity index (χ4v) is 5.51. The van der Waals surface area contributed by atoms with Gasteiger partial charge in [0.25, 0.3) is 5.91 Å². The van der Waals surface area contributed by atoms with E-state index in [1.807, 2.05) is 0 Å². The summed E-state index contributed by atoms with van der Waals surface area (Å²) in [5.41, 5.74) is 8.94. The summed E-state index contributed by atoms with van der Waals surface area (Å²) in [6.45, 7) is 4.53. The second-order valence-corrected chi connectivity index (χ2v) is 10.9. The predicted molar refractivity (Wildman–Crippen MR) is 170 cm³/mol. The Morgan fingerprint density at radius 1 is 1.19 bits per heavy atom. The van der Waals surface area contributed by atoms with Crippen LogP contribution in [0.15, 0.2) is 83.9 Å². The third-order valence-electron chi connectivity index (χ3n) is 7.75. The number of alkyl halides is 1. The van der Waals surface area contributed by atoms with Gasteiger partial charge in [-0.15, -0.1) is 0 Å². The van der Waals surface area contributed by atoms with Crippen molar-refractivity contribution in [1.82, 2.24) is 29.6 Å². The summed E-state index contributed by atoms with van der Waals surface area (Å²) in [4.78, 5) is 52.3. The van der Waals surface area contributed by atoms with Gasteiger partial charge in [0.15, 0.2) is 11.3 Å². The highest BCUT2D eigenvalue weighted by molar-refractivity contribution is 6.05. The molecule has 1 aliphatic rings. The molecule has 0 spiro atoms. The highest BCUT2D eigenvalue weighted by Gasteiger charge is 2.40. The summed E-state index contributed by atoms with van der Waals surface area (Å²) in [6, 6.07) is 11.2. The van der Waals surface area contributed by atoms with Gasteiger partial charge >= 0.3 is 0 Å². The number of carbonyl (C=O) groups is 3. The van der Waals surface area contributed by atoms with E-state index in [9.17, 15) is 23.2 Å². The Hall–Kier alpha value is -6.12. The maximum absolute atomic E-state index is 14.8. The Kier molecular flexibility index (Phi) is 8.35. The number of allylic oxidation sites excluding steroid dienone is 1. The molecular weight excluding hydrogens is 610 g/mol. The van der Waals surface area contributed by atoms with Gasteiger partial charge in [-0.3, -0.25) is 19.1 Å². The van der Waals surface area contributed by atoms with Crippen LogP contribution >= 0.6 is 0 Å². The van der Waals surface area contributed by atoms with Crippen molar-refractivity contribution < 1.29 is 23.2 Å². The first-order chi connectivity index (χ1) is 22.6. The molecule has 1 fully saturated rings. The molecule has 5 aromatic rings. The number of anilines is 1. The predicted octanol–water partition coefficient (Wildman–Crippen LogP) is 4.75. The van der Waals surface area contributed by atoms with Crippen molar-refractivity contribution in [2.24, 2.45) is 16.0 Å². The molecule has 0 saturated carbocycles. The number of hydrogen-bond donors (Lipinski definition) is 3. The van der Waals surface area contributed by atoms with E-state index in [1.54, 1.807) is 43.5 Å². The van der Waals surface area contributed by atoms with Gasteiger partial charge in [-0.1, -0.05) is 12.6 Å². The van der Waals surface area contributed by atoms with Crippen LogP contribution in [0, 0.1) is 5.82 Å². The normalized spacial score (nSPS) is 16.7. The molecule has 47 heavy (non-hydrogen) atoms. The molecule has 6 rings (SSSR count). The van der Waals surface area contributed by atoms with Crippen molar-refractivity contribution >= 4 is 51.0 Å². The van der Waals surface area contributed by atoms with Gasteiger partial charge in [0, 0.05) is 29.8 Å². The molecule has 2 atom stereocenters. The molecule has 2 aromatic carbocycles. The number of likely N-dealkylation sites (tertiary alicyclic amines) is 1. The lowest BCUT2D eigenvalue weighted by atomic mass is 10.0. The molecule has 1 saturated heterocycles. The molecule has 4 heterocycles. The number of nitrogens with zero attached hydrogens (tertiary/aromatic N) is 7. The number of hydrogen-bond acceptors (Lipinski definition) is 8. The summed E-state index contributed by atoms with van der Waals surface area (Å²) in [6.07, 6.45) is 2.65. The van der Waals surface area contributed by atoms with E-state index in [2.05, 4.69) is 42.2 Å². The van der Waals surface area contributed by atoms with E-state index in [4.69, 9.17) is 5.73 Å². The number of benzene rings is 2. The number of primary amides is 1. The summed E-state index contributed by atoms with van der Waals surface area (Å²) in [5, 5.41) is 14.9. The van der Waals surface area contributed by atoms with Crippen LogP contribution in [0.2, 0.25) is 0 Å². The van der Waals surface area contributed by atoms with Crippen molar-refractivity contribution in [2.45, 2.75) is 32.1 Å². The van der Waals surface area contributed by atoms with Gasteiger partial charge < -0.3 is 20.9 Å². The first kappa shape index (κ1) is 30.9. The Morgan fingerprint density at radius 2 is 2.02 bits per heavy atom. The number of halogens is 2. The van der Waals surface area contributed by atoms with E-state index in [1.165, 1.54) is 29.2 Å². The lowest BCUT2D eigenvalue weighted by molar-refractivity contribution is -0.137. The van der Waals surface area contributed by atoms with Crippen LogP contribution in [-0.2, 0) is 16.1 Å². The van der Waals surface area contributed by atoms with Crippen LogP contribution < -0.4 is 11.1 Å². The van der Waals surface area contributed by atoms with Crippen LogP contribution in [0.3, 0.4) is 0 Å². The van der Waals surface area contributed by atoms with Crippen LogP contribution in [0.1, 0.15) is 29.4 Å². The summed E-state index contributed by atoms with van der Waals surface area (Å²) in [5.74, 6) is -2.41. The zero-order valence-electron chi connectivity index (χ0n) is 25.0. The lowest BCUT2D eigenvalue weighted by Crippen LogP contribution is -2.44. The third-order valence-corrected chi connectivity index (χ3v) is 7.75. The van der Waals surface area contributed by atoms with Crippen molar-refractivity contribution in [1.29, 1.82) is 0 Å². The fraction of sp³-hybridized carbons (Fsp3) is 0.188. The Bertz CT molecular complexity index is 2090. The van der Waals surface area contributed by atoms with E-state index in [-0.39, 0.29) is 24.3 Å². The van der Waals surface area contributed by atoms with Crippen LogP contribution in [0.4, 0.5) is 14.5 Å². The fourth-order valence-electron chi connectivity index (χ4n) is 5.51. The van der Waals surface area contributed by atoms with E-state index in [0.717, 1.165) is 16.5 Å². The van der Waals surface area contributed by atoms with Crippen LogP contribution in [-0.4, -0.2) is 66.1 Å². The topological polar surface area (TPSA) is 177 Å². The van der Waals surface area contributed by atoms with Crippen molar-refractivity contribution in [3.05, 3.63) is 90.8 Å². The number of rotatable bonds is 9. The van der Waals surface area contributed by atoms with Gasteiger partial charge in [0.1, 0.15) is 30.4 Å². The molecule has 4 N–H and O–H groups in total. The largest absolute Gasteiger partial charge is 0.364 e. The number of aromatic nitrogens is 5. The maximum atomic E-state index is 14.8. The second kappa shape index (κ2) is 12.7. The number of nitrogens with two attached hydrogens (primary N) is 1. The first-order valence-corrected chi connectivity index (χ1v) is 14.5.